The Hall–Kier alpha value is -5.40. The standard InChI is InChI=1S/C42H29N/c1-43-39-26-24-28-13-8-9-18-32(28)40(39)36-21-12-20-33(41(36)43)29-23-25-35-34-19-10-11-22-37(34)42(38(35)27-29,30-14-4-2-5-15-30)31-16-6-3-7-17-31/h2-27H,1H3. The summed E-state index contributed by atoms with van der Waals surface area (Å²) in [5, 5.41) is 5.21. The fourth-order valence-electron chi connectivity index (χ4n) is 7.89. The molecule has 202 valence electrons. The third kappa shape index (κ3) is 3.22. The lowest BCUT2D eigenvalue weighted by Crippen LogP contribution is -2.28. The maximum atomic E-state index is 2.47. The van der Waals surface area contributed by atoms with Gasteiger partial charge in [0.1, 0.15) is 0 Å². The molecule has 1 aliphatic rings. The summed E-state index contributed by atoms with van der Waals surface area (Å²) in [6.45, 7) is 0. The van der Waals surface area contributed by atoms with Crippen molar-refractivity contribution < 1.29 is 0 Å². The lowest BCUT2D eigenvalue weighted by molar-refractivity contribution is 0.769. The van der Waals surface area contributed by atoms with Gasteiger partial charge in [-0.1, -0.05) is 146 Å². The number of hydrogen-bond donors (Lipinski definition) is 0. The minimum absolute atomic E-state index is 0.409. The van der Waals surface area contributed by atoms with E-state index in [1.807, 2.05) is 0 Å². The zero-order valence-electron chi connectivity index (χ0n) is 24.0. The molecule has 1 aromatic heterocycles. The van der Waals surface area contributed by atoms with Gasteiger partial charge in [0.05, 0.1) is 10.9 Å². The van der Waals surface area contributed by atoms with Crippen LogP contribution in [-0.2, 0) is 12.5 Å². The SMILES string of the molecule is Cn1c2ccc3ccccc3c2c2cccc(-c3ccc4c(c3)C(c3ccccc3)(c3ccccc3)c3ccccc3-4)c21. The molecule has 0 saturated heterocycles. The average Bonchev–Trinajstić information content (AvgIpc) is 3.55. The number of benzene rings is 7. The molecule has 8 aromatic rings. The summed E-state index contributed by atoms with van der Waals surface area (Å²) in [6, 6.07) is 58.3. The molecule has 0 fully saturated rings. The molecular weight excluding hydrogens is 518 g/mol. The van der Waals surface area contributed by atoms with Crippen molar-refractivity contribution in [1.29, 1.82) is 0 Å². The molecule has 0 aliphatic heterocycles. The molecule has 1 nitrogen and oxygen atoms in total. The maximum absolute atomic E-state index is 2.47. The predicted molar refractivity (Wildman–Crippen MR) is 181 cm³/mol. The van der Waals surface area contributed by atoms with Crippen molar-refractivity contribution in [1.82, 2.24) is 4.57 Å². The Bertz CT molecular complexity index is 2300. The quantitative estimate of drug-likeness (QED) is 0.207. The molecule has 0 N–H and O–H groups in total. The molecule has 0 saturated carbocycles. The maximum Gasteiger partial charge on any atom is 0.0713 e. The van der Waals surface area contributed by atoms with Gasteiger partial charge in [-0.05, 0) is 61.8 Å². The van der Waals surface area contributed by atoms with E-state index in [-0.39, 0.29) is 0 Å². The Kier molecular flexibility index (Phi) is 5.10. The molecule has 0 unspecified atom stereocenters. The van der Waals surface area contributed by atoms with E-state index in [1.165, 1.54) is 77.1 Å². The first kappa shape index (κ1) is 24.2. The van der Waals surface area contributed by atoms with Crippen LogP contribution in [0.1, 0.15) is 22.3 Å². The van der Waals surface area contributed by atoms with E-state index in [1.54, 1.807) is 0 Å². The predicted octanol–water partition coefficient (Wildman–Crippen LogP) is 10.5. The van der Waals surface area contributed by atoms with Gasteiger partial charge in [-0.2, -0.15) is 0 Å². The Morgan fingerprint density at radius 2 is 1.09 bits per heavy atom. The molecule has 43 heavy (non-hydrogen) atoms. The number of aryl methyl sites for hydroxylation is 1. The highest BCUT2D eigenvalue weighted by Gasteiger charge is 2.46. The molecule has 7 aromatic carbocycles. The highest BCUT2D eigenvalue weighted by Crippen LogP contribution is 2.56. The molecule has 9 rings (SSSR count). The van der Waals surface area contributed by atoms with E-state index >= 15 is 0 Å². The minimum atomic E-state index is -0.409. The molecule has 1 aliphatic carbocycles. The van der Waals surface area contributed by atoms with Crippen molar-refractivity contribution in [3.8, 4) is 22.3 Å². The summed E-state index contributed by atoms with van der Waals surface area (Å²) < 4.78 is 2.38. The van der Waals surface area contributed by atoms with Crippen LogP contribution in [0.3, 0.4) is 0 Å². The van der Waals surface area contributed by atoms with Crippen molar-refractivity contribution >= 4 is 32.6 Å². The van der Waals surface area contributed by atoms with E-state index in [0.717, 1.165) is 0 Å². The van der Waals surface area contributed by atoms with Crippen LogP contribution in [0.25, 0.3) is 54.8 Å². The second-order valence-corrected chi connectivity index (χ2v) is 11.7. The number of nitrogens with zero attached hydrogens (tertiary/aromatic N) is 1. The van der Waals surface area contributed by atoms with Gasteiger partial charge in [0.2, 0.25) is 0 Å². The highest BCUT2D eigenvalue weighted by atomic mass is 14.9. The smallest absolute Gasteiger partial charge is 0.0713 e. The Labute approximate surface area is 251 Å². The molecule has 1 heteroatoms. The zero-order valence-corrected chi connectivity index (χ0v) is 24.0. The third-order valence-electron chi connectivity index (χ3n) is 9.68. The number of rotatable bonds is 3. The van der Waals surface area contributed by atoms with Gasteiger partial charge in [0, 0.05) is 28.9 Å². The van der Waals surface area contributed by atoms with Gasteiger partial charge < -0.3 is 4.57 Å². The van der Waals surface area contributed by atoms with Crippen LogP contribution in [-0.4, -0.2) is 4.57 Å². The summed E-state index contributed by atoms with van der Waals surface area (Å²) in [7, 11) is 2.21. The van der Waals surface area contributed by atoms with Crippen LogP contribution in [0.5, 0.6) is 0 Å². The molecule has 0 amide bonds. The second-order valence-electron chi connectivity index (χ2n) is 11.7. The summed E-state index contributed by atoms with van der Waals surface area (Å²) in [5.74, 6) is 0. The molecule has 0 radical (unpaired) electrons. The van der Waals surface area contributed by atoms with Crippen LogP contribution >= 0.6 is 0 Å². The van der Waals surface area contributed by atoms with Gasteiger partial charge in [-0.25, -0.2) is 0 Å². The van der Waals surface area contributed by atoms with Crippen molar-refractivity contribution in [3.63, 3.8) is 0 Å². The lowest BCUT2D eigenvalue weighted by atomic mass is 9.67. The topological polar surface area (TPSA) is 4.93 Å². The fraction of sp³-hybridized carbons (Fsp3) is 0.0476. The van der Waals surface area contributed by atoms with Crippen LogP contribution in [0, 0.1) is 0 Å². The minimum Gasteiger partial charge on any atom is -0.343 e. The Balaban J connectivity index is 1.38. The van der Waals surface area contributed by atoms with Crippen molar-refractivity contribution in [2.24, 2.45) is 7.05 Å². The third-order valence-corrected chi connectivity index (χ3v) is 9.68. The van der Waals surface area contributed by atoms with Gasteiger partial charge in [0.25, 0.3) is 0 Å². The zero-order chi connectivity index (χ0) is 28.5. The number of fused-ring (bicyclic) bond motifs is 8. The van der Waals surface area contributed by atoms with Crippen LogP contribution in [0.4, 0.5) is 0 Å². The summed E-state index contributed by atoms with van der Waals surface area (Å²) in [5.41, 5.74) is 12.5. The number of hydrogen-bond acceptors (Lipinski definition) is 0. The molecule has 0 spiro atoms. The van der Waals surface area contributed by atoms with Gasteiger partial charge in [-0.3, -0.25) is 0 Å². The summed E-state index contributed by atoms with van der Waals surface area (Å²) >= 11 is 0. The van der Waals surface area contributed by atoms with E-state index in [9.17, 15) is 0 Å². The first-order valence-corrected chi connectivity index (χ1v) is 15.0. The van der Waals surface area contributed by atoms with E-state index in [4.69, 9.17) is 0 Å². The Morgan fingerprint density at radius 3 is 1.88 bits per heavy atom. The average molecular weight is 548 g/mol. The van der Waals surface area contributed by atoms with Crippen LogP contribution in [0.15, 0.2) is 158 Å². The van der Waals surface area contributed by atoms with Gasteiger partial charge in [0.15, 0.2) is 0 Å². The Morgan fingerprint density at radius 1 is 0.465 bits per heavy atom. The van der Waals surface area contributed by atoms with E-state index < -0.39 is 5.41 Å². The van der Waals surface area contributed by atoms with Crippen molar-refractivity contribution in [3.05, 3.63) is 180 Å². The molecule has 1 heterocycles. The number of aromatic nitrogens is 1. The fourth-order valence-corrected chi connectivity index (χ4v) is 7.89. The second kappa shape index (κ2) is 9.05. The number of para-hydroxylation sites is 1. The molecular formula is C42H29N. The van der Waals surface area contributed by atoms with Gasteiger partial charge in [-0.15, -0.1) is 0 Å². The molecule has 0 atom stereocenters. The van der Waals surface area contributed by atoms with E-state index in [2.05, 4.69) is 169 Å². The monoisotopic (exact) mass is 547 g/mol. The summed E-state index contributed by atoms with van der Waals surface area (Å²) in [6.07, 6.45) is 0. The highest BCUT2D eigenvalue weighted by molar-refractivity contribution is 6.22. The van der Waals surface area contributed by atoms with E-state index in [0.29, 0.717) is 0 Å². The van der Waals surface area contributed by atoms with Crippen LogP contribution < -0.4 is 0 Å². The van der Waals surface area contributed by atoms with Crippen molar-refractivity contribution in [2.45, 2.75) is 5.41 Å². The molecule has 0 bridgehead atoms. The first-order valence-electron chi connectivity index (χ1n) is 15.0. The normalized spacial score (nSPS) is 13.4. The van der Waals surface area contributed by atoms with Gasteiger partial charge >= 0.3 is 0 Å². The van der Waals surface area contributed by atoms with Crippen molar-refractivity contribution in [2.75, 3.05) is 0 Å². The largest absolute Gasteiger partial charge is 0.343 e. The first-order chi connectivity index (χ1) is 21.3. The summed E-state index contributed by atoms with van der Waals surface area (Å²) in [4.78, 5) is 0. The van der Waals surface area contributed by atoms with Crippen LogP contribution in [0.2, 0.25) is 0 Å². The lowest BCUT2D eigenvalue weighted by Gasteiger charge is -2.34.